The molecule has 1 aromatic heterocycles. The first kappa shape index (κ1) is 23.4. The van der Waals surface area contributed by atoms with Crippen LogP contribution in [0.1, 0.15) is 76.8 Å². The number of hydrogen-bond donors (Lipinski definition) is 0. The van der Waals surface area contributed by atoms with Crippen LogP contribution >= 0.6 is 0 Å². The maximum Gasteiger partial charge on any atom is 0.272 e. The fourth-order valence-corrected chi connectivity index (χ4v) is 5.47. The van der Waals surface area contributed by atoms with E-state index in [1.165, 1.54) is 12.3 Å². The molecule has 1 amide bonds. The van der Waals surface area contributed by atoms with Crippen LogP contribution in [0.4, 0.5) is 0 Å². The Kier molecular flexibility index (Phi) is 6.35. The van der Waals surface area contributed by atoms with Gasteiger partial charge in [0.05, 0.1) is 11.6 Å². The summed E-state index contributed by atoms with van der Waals surface area (Å²) in [6.07, 6.45) is 3.36. The number of amides is 1. The van der Waals surface area contributed by atoms with Gasteiger partial charge in [-0.2, -0.15) is 5.26 Å². The van der Waals surface area contributed by atoms with Crippen LogP contribution in [0.15, 0.2) is 30.5 Å². The van der Waals surface area contributed by atoms with E-state index in [0.717, 1.165) is 22.3 Å². The fraction of sp³-hybridized carbons (Fsp3) is 0.393. The number of nitrogens with zero attached hydrogens (tertiary/aromatic N) is 3. The van der Waals surface area contributed by atoms with Crippen molar-refractivity contribution in [3.63, 3.8) is 0 Å². The molecule has 0 unspecified atom stereocenters. The lowest BCUT2D eigenvalue weighted by Crippen LogP contribution is -2.48. The maximum absolute atomic E-state index is 13.3. The maximum atomic E-state index is 13.3. The van der Waals surface area contributed by atoms with E-state index in [9.17, 15) is 14.4 Å². The SMILES string of the molecule is CC#Cc1cc(C)c(C2C(=O)CC3(CCN(C(=O)c4cc(C#N)ccn4)CC3)CC2=O)c(C)c1. The van der Waals surface area contributed by atoms with Gasteiger partial charge in [0.15, 0.2) is 0 Å². The number of carbonyl (C=O) groups excluding carboxylic acids is 3. The topological polar surface area (TPSA) is 91.1 Å². The monoisotopic (exact) mass is 453 g/mol. The summed E-state index contributed by atoms with van der Waals surface area (Å²) in [5, 5.41) is 9.07. The van der Waals surface area contributed by atoms with Gasteiger partial charge < -0.3 is 4.90 Å². The van der Waals surface area contributed by atoms with Gasteiger partial charge in [-0.15, -0.1) is 5.92 Å². The molecule has 1 aliphatic carbocycles. The number of benzene rings is 1. The molecule has 0 radical (unpaired) electrons. The molecule has 0 bridgehead atoms. The smallest absolute Gasteiger partial charge is 0.272 e. The second-order valence-corrected chi connectivity index (χ2v) is 9.45. The Labute approximate surface area is 200 Å². The Hall–Kier alpha value is -3.77. The van der Waals surface area contributed by atoms with Crippen molar-refractivity contribution < 1.29 is 14.4 Å². The molecule has 6 heteroatoms. The van der Waals surface area contributed by atoms with E-state index < -0.39 is 11.3 Å². The van der Waals surface area contributed by atoms with Gasteiger partial charge in [0.25, 0.3) is 5.91 Å². The molecular formula is C28H27N3O3. The van der Waals surface area contributed by atoms with Crippen molar-refractivity contribution in [2.24, 2.45) is 5.41 Å². The molecule has 1 saturated heterocycles. The van der Waals surface area contributed by atoms with Gasteiger partial charge in [-0.05, 0) is 80.0 Å². The first-order valence-corrected chi connectivity index (χ1v) is 11.5. The second kappa shape index (κ2) is 9.23. The summed E-state index contributed by atoms with van der Waals surface area (Å²) >= 11 is 0. The average Bonchev–Trinajstić information content (AvgIpc) is 2.80. The van der Waals surface area contributed by atoms with E-state index in [-0.39, 0.29) is 23.2 Å². The number of pyridine rings is 1. The second-order valence-electron chi connectivity index (χ2n) is 9.45. The summed E-state index contributed by atoms with van der Waals surface area (Å²) in [5.41, 5.74) is 3.80. The Morgan fingerprint density at radius 1 is 1.06 bits per heavy atom. The third-order valence-electron chi connectivity index (χ3n) is 7.11. The molecule has 1 spiro atoms. The first-order chi connectivity index (χ1) is 16.3. The van der Waals surface area contributed by atoms with Crippen LogP contribution in [0.3, 0.4) is 0 Å². The number of ketones is 2. The summed E-state index contributed by atoms with van der Waals surface area (Å²) in [6, 6.07) is 8.97. The number of likely N-dealkylation sites (tertiary alicyclic amines) is 1. The van der Waals surface area contributed by atoms with Gasteiger partial charge in [-0.1, -0.05) is 5.92 Å². The van der Waals surface area contributed by atoms with Crippen molar-refractivity contribution in [3.05, 3.63) is 64.0 Å². The van der Waals surface area contributed by atoms with Crippen molar-refractivity contribution in [2.45, 2.75) is 52.4 Å². The van der Waals surface area contributed by atoms with Crippen molar-refractivity contribution in [2.75, 3.05) is 13.1 Å². The lowest BCUT2D eigenvalue weighted by atomic mass is 9.62. The van der Waals surface area contributed by atoms with Crippen LogP contribution in [0.2, 0.25) is 0 Å². The van der Waals surface area contributed by atoms with Crippen molar-refractivity contribution in [3.8, 4) is 17.9 Å². The van der Waals surface area contributed by atoms with Gasteiger partial charge in [0.2, 0.25) is 0 Å². The van der Waals surface area contributed by atoms with Gasteiger partial charge in [0.1, 0.15) is 23.2 Å². The van der Waals surface area contributed by atoms with Gasteiger partial charge >= 0.3 is 0 Å². The van der Waals surface area contributed by atoms with Crippen LogP contribution in [0, 0.1) is 42.4 Å². The van der Waals surface area contributed by atoms with Crippen LogP contribution in [0.25, 0.3) is 0 Å². The van der Waals surface area contributed by atoms with E-state index in [1.54, 1.807) is 17.9 Å². The minimum atomic E-state index is -0.716. The molecule has 2 heterocycles. The highest BCUT2D eigenvalue weighted by Crippen LogP contribution is 2.46. The van der Waals surface area contributed by atoms with Crippen LogP contribution in [-0.4, -0.2) is 40.4 Å². The van der Waals surface area contributed by atoms with Crippen LogP contribution in [0.5, 0.6) is 0 Å². The van der Waals surface area contributed by atoms with E-state index in [2.05, 4.69) is 16.8 Å². The van der Waals surface area contributed by atoms with Crippen molar-refractivity contribution in [1.29, 1.82) is 5.26 Å². The first-order valence-electron chi connectivity index (χ1n) is 11.5. The summed E-state index contributed by atoms with van der Waals surface area (Å²) in [6.45, 7) is 6.59. The molecule has 34 heavy (non-hydrogen) atoms. The number of aromatic nitrogens is 1. The van der Waals surface area contributed by atoms with E-state index in [1.807, 2.05) is 32.0 Å². The standard InChI is InChI=1S/C28H27N3O3/c1-4-5-20-12-18(2)25(19(3)13-20)26-23(32)15-28(16-24(26)33)7-10-31(11-8-28)27(34)22-14-21(17-29)6-9-30-22/h6,9,12-14,26H,7-8,10-11,15-16H2,1-3H3. The fourth-order valence-electron chi connectivity index (χ4n) is 5.47. The van der Waals surface area contributed by atoms with E-state index >= 15 is 0 Å². The molecule has 172 valence electrons. The van der Waals surface area contributed by atoms with Crippen LogP contribution in [-0.2, 0) is 9.59 Å². The molecule has 0 N–H and O–H groups in total. The molecule has 1 saturated carbocycles. The Bertz CT molecular complexity index is 1240. The van der Waals surface area contributed by atoms with Crippen molar-refractivity contribution >= 4 is 17.5 Å². The average molecular weight is 454 g/mol. The summed E-state index contributed by atoms with van der Waals surface area (Å²) < 4.78 is 0. The number of piperidine rings is 1. The quantitative estimate of drug-likeness (QED) is 0.508. The lowest BCUT2D eigenvalue weighted by Gasteiger charge is -2.44. The zero-order valence-electron chi connectivity index (χ0n) is 19.8. The third kappa shape index (κ3) is 4.37. The zero-order valence-corrected chi connectivity index (χ0v) is 19.8. The summed E-state index contributed by atoms with van der Waals surface area (Å²) in [5.74, 6) is 4.94. The molecule has 4 rings (SSSR count). The number of nitriles is 1. The Balaban J connectivity index is 1.49. The third-order valence-corrected chi connectivity index (χ3v) is 7.11. The largest absolute Gasteiger partial charge is 0.337 e. The number of aryl methyl sites for hydroxylation is 2. The number of hydrogen-bond acceptors (Lipinski definition) is 5. The van der Waals surface area contributed by atoms with E-state index in [0.29, 0.717) is 44.3 Å². The molecule has 6 nitrogen and oxygen atoms in total. The summed E-state index contributed by atoms with van der Waals surface area (Å²) in [7, 11) is 0. The van der Waals surface area contributed by atoms with Crippen molar-refractivity contribution in [1.82, 2.24) is 9.88 Å². The predicted octanol–water partition coefficient (Wildman–Crippen LogP) is 3.88. The number of Topliss-reactive ketones (excluding diaryl/α,β-unsaturated/α-hetero) is 2. The molecule has 2 aromatic rings. The Morgan fingerprint density at radius 2 is 1.68 bits per heavy atom. The van der Waals surface area contributed by atoms with Crippen LogP contribution < -0.4 is 0 Å². The highest BCUT2D eigenvalue weighted by molar-refractivity contribution is 6.10. The molecular weight excluding hydrogens is 426 g/mol. The molecule has 2 fully saturated rings. The number of carbonyl (C=O) groups is 3. The van der Waals surface area contributed by atoms with Gasteiger partial charge in [-0.3, -0.25) is 19.4 Å². The summed E-state index contributed by atoms with van der Waals surface area (Å²) in [4.78, 5) is 45.3. The highest BCUT2D eigenvalue weighted by atomic mass is 16.2. The molecule has 0 atom stereocenters. The van der Waals surface area contributed by atoms with Gasteiger partial charge in [0, 0.05) is 37.7 Å². The highest BCUT2D eigenvalue weighted by Gasteiger charge is 2.47. The molecule has 1 aromatic carbocycles. The lowest BCUT2D eigenvalue weighted by molar-refractivity contribution is -0.138. The van der Waals surface area contributed by atoms with E-state index in [4.69, 9.17) is 5.26 Å². The minimum Gasteiger partial charge on any atom is -0.337 e. The van der Waals surface area contributed by atoms with Gasteiger partial charge in [-0.25, -0.2) is 0 Å². The normalized spacial score (nSPS) is 17.8. The Morgan fingerprint density at radius 3 is 2.24 bits per heavy atom. The molecule has 1 aliphatic heterocycles. The number of rotatable bonds is 2. The predicted molar refractivity (Wildman–Crippen MR) is 127 cm³/mol. The minimum absolute atomic E-state index is 0.0278. The zero-order chi connectivity index (χ0) is 24.5. The molecule has 2 aliphatic rings.